The Hall–Kier alpha value is -1.81. The molecule has 4 heteroatoms. The van der Waals surface area contributed by atoms with E-state index in [0.717, 1.165) is 12.1 Å². The van der Waals surface area contributed by atoms with Crippen molar-refractivity contribution < 1.29 is 9.53 Å². The van der Waals surface area contributed by atoms with Crippen LogP contribution >= 0.6 is 0 Å². The minimum atomic E-state index is -0.200. The van der Waals surface area contributed by atoms with Gasteiger partial charge in [-0.15, -0.1) is 0 Å². The highest BCUT2D eigenvalue weighted by Gasteiger charge is 2.08. The van der Waals surface area contributed by atoms with Gasteiger partial charge in [0.25, 0.3) is 0 Å². The van der Waals surface area contributed by atoms with Crippen LogP contribution in [0, 0.1) is 0 Å². The molecule has 0 saturated carbocycles. The van der Waals surface area contributed by atoms with E-state index in [-0.39, 0.29) is 12.5 Å². The molecule has 2 aromatic rings. The van der Waals surface area contributed by atoms with Gasteiger partial charge in [0.2, 0.25) is 0 Å². The fourth-order valence-electron chi connectivity index (χ4n) is 2.12. The van der Waals surface area contributed by atoms with E-state index in [9.17, 15) is 4.79 Å². The molecule has 0 spiro atoms. The molecule has 2 rings (SSSR count). The molecule has 0 fully saturated rings. The summed E-state index contributed by atoms with van der Waals surface area (Å²) in [6, 6.07) is 8.17. The number of benzene rings is 1. The zero-order valence-electron chi connectivity index (χ0n) is 10.8. The molecule has 96 valence electrons. The highest BCUT2D eigenvalue weighted by Crippen LogP contribution is 2.20. The molecule has 4 nitrogen and oxygen atoms in total. The monoisotopic (exact) mass is 246 g/mol. The molecule has 1 aromatic carbocycles. The fraction of sp³-hybridized carbons (Fsp3) is 0.357. The number of fused-ring (bicyclic) bond motifs is 1. The first-order valence-corrected chi connectivity index (χ1v) is 6.13. The van der Waals surface area contributed by atoms with Crippen LogP contribution in [-0.2, 0) is 22.6 Å². The van der Waals surface area contributed by atoms with Crippen molar-refractivity contribution in [2.24, 2.45) is 0 Å². The predicted octanol–water partition coefficient (Wildman–Crippen LogP) is 1.92. The Kier molecular flexibility index (Phi) is 3.99. The van der Waals surface area contributed by atoms with E-state index in [1.165, 1.54) is 10.9 Å². The van der Waals surface area contributed by atoms with Crippen LogP contribution < -0.4 is 5.32 Å². The number of nitrogens with zero attached hydrogens (tertiary/aromatic N) is 1. The second kappa shape index (κ2) is 5.69. The summed E-state index contributed by atoms with van der Waals surface area (Å²) >= 11 is 0. The Bertz CT molecular complexity index is 546. The van der Waals surface area contributed by atoms with Gasteiger partial charge in [-0.25, -0.2) is 0 Å². The number of carbonyl (C=O) groups excluding carboxylic acids is 1. The van der Waals surface area contributed by atoms with Gasteiger partial charge < -0.3 is 14.6 Å². The number of ether oxygens (including phenoxy) is 1. The summed E-state index contributed by atoms with van der Waals surface area (Å²) in [5.74, 6) is -0.200. The summed E-state index contributed by atoms with van der Waals surface area (Å²) in [6.45, 7) is 3.32. The van der Waals surface area contributed by atoms with Gasteiger partial charge in [-0.2, -0.15) is 0 Å². The van der Waals surface area contributed by atoms with Gasteiger partial charge in [-0.1, -0.05) is 12.1 Å². The number of aromatic nitrogens is 1. The third kappa shape index (κ3) is 2.54. The van der Waals surface area contributed by atoms with Gasteiger partial charge in [-0.05, 0) is 31.7 Å². The molecule has 18 heavy (non-hydrogen) atoms. The summed E-state index contributed by atoms with van der Waals surface area (Å²) < 4.78 is 6.89. The van der Waals surface area contributed by atoms with E-state index in [0.29, 0.717) is 6.61 Å². The van der Waals surface area contributed by atoms with Gasteiger partial charge in [0, 0.05) is 23.6 Å². The minimum Gasteiger partial charge on any atom is -0.465 e. The number of hydrogen-bond acceptors (Lipinski definition) is 3. The zero-order chi connectivity index (χ0) is 13.0. The average Bonchev–Trinajstić information content (AvgIpc) is 2.74. The Morgan fingerprint density at radius 2 is 2.22 bits per heavy atom. The lowest BCUT2D eigenvalue weighted by atomic mass is 10.1. The topological polar surface area (TPSA) is 43.3 Å². The zero-order valence-corrected chi connectivity index (χ0v) is 10.8. The van der Waals surface area contributed by atoms with Crippen molar-refractivity contribution in [2.45, 2.75) is 20.0 Å². The molecular weight excluding hydrogens is 228 g/mol. The van der Waals surface area contributed by atoms with Crippen LogP contribution in [0.3, 0.4) is 0 Å². The minimum absolute atomic E-state index is 0.200. The molecule has 1 N–H and O–H groups in total. The fourth-order valence-corrected chi connectivity index (χ4v) is 2.12. The van der Waals surface area contributed by atoms with E-state index in [1.807, 2.05) is 42.9 Å². The highest BCUT2D eigenvalue weighted by molar-refractivity contribution is 5.85. The first-order chi connectivity index (χ1) is 8.76. The second-order valence-corrected chi connectivity index (χ2v) is 4.13. The maximum atomic E-state index is 11.5. The van der Waals surface area contributed by atoms with E-state index in [4.69, 9.17) is 4.74 Å². The molecule has 1 heterocycles. The van der Waals surface area contributed by atoms with Crippen LogP contribution in [0.1, 0.15) is 12.5 Å². The number of esters is 1. The van der Waals surface area contributed by atoms with Gasteiger partial charge in [0.15, 0.2) is 0 Å². The third-order valence-corrected chi connectivity index (χ3v) is 2.88. The molecule has 0 atom stereocenters. The van der Waals surface area contributed by atoms with Crippen molar-refractivity contribution in [1.82, 2.24) is 9.88 Å². The van der Waals surface area contributed by atoms with E-state index in [1.54, 1.807) is 0 Å². The predicted molar refractivity (Wildman–Crippen MR) is 71.3 cm³/mol. The van der Waals surface area contributed by atoms with Crippen LogP contribution in [0.2, 0.25) is 0 Å². The van der Waals surface area contributed by atoms with Gasteiger partial charge >= 0.3 is 5.97 Å². The lowest BCUT2D eigenvalue weighted by molar-refractivity contribution is -0.143. The molecule has 1 aromatic heterocycles. The number of hydrogen-bond donors (Lipinski definition) is 1. The maximum Gasteiger partial charge on any atom is 0.325 e. The highest BCUT2D eigenvalue weighted by atomic mass is 16.5. The largest absolute Gasteiger partial charge is 0.465 e. The maximum absolute atomic E-state index is 11.5. The quantitative estimate of drug-likeness (QED) is 0.820. The second-order valence-electron chi connectivity index (χ2n) is 4.13. The normalized spacial score (nSPS) is 10.8. The van der Waals surface area contributed by atoms with Crippen molar-refractivity contribution in [2.75, 3.05) is 13.7 Å². The molecule has 0 saturated heterocycles. The Balaban J connectivity index is 2.30. The first kappa shape index (κ1) is 12.6. The molecular formula is C14H18N2O2. The molecule has 0 aliphatic carbocycles. The van der Waals surface area contributed by atoms with Crippen LogP contribution in [0.15, 0.2) is 30.5 Å². The van der Waals surface area contributed by atoms with Crippen LogP contribution in [-0.4, -0.2) is 24.2 Å². The number of rotatable bonds is 5. The third-order valence-electron chi connectivity index (χ3n) is 2.88. The summed E-state index contributed by atoms with van der Waals surface area (Å²) in [4.78, 5) is 11.5. The lowest BCUT2D eigenvalue weighted by Crippen LogP contribution is -2.12. The standard InChI is InChI=1S/C14H18N2O2/c1-3-18-14(17)10-16-8-7-12-11(9-15-2)5-4-6-13(12)16/h4-8,15H,3,9-10H2,1-2H3. The molecule has 0 aliphatic heterocycles. The van der Waals surface area contributed by atoms with E-state index < -0.39 is 0 Å². The number of carbonyl (C=O) groups is 1. The van der Waals surface area contributed by atoms with Crippen molar-refractivity contribution >= 4 is 16.9 Å². The molecule has 0 amide bonds. The lowest BCUT2D eigenvalue weighted by Gasteiger charge is -2.06. The van der Waals surface area contributed by atoms with Crippen LogP contribution in [0.5, 0.6) is 0 Å². The molecule has 0 unspecified atom stereocenters. The summed E-state index contributed by atoms with van der Waals surface area (Å²) in [5, 5.41) is 4.32. The Labute approximate surface area is 107 Å². The average molecular weight is 246 g/mol. The van der Waals surface area contributed by atoms with E-state index >= 15 is 0 Å². The van der Waals surface area contributed by atoms with Crippen LogP contribution in [0.4, 0.5) is 0 Å². The van der Waals surface area contributed by atoms with Gasteiger partial charge in [-0.3, -0.25) is 4.79 Å². The van der Waals surface area contributed by atoms with Crippen molar-refractivity contribution in [1.29, 1.82) is 0 Å². The van der Waals surface area contributed by atoms with Crippen molar-refractivity contribution in [3.63, 3.8) is 0 Å². The van der Waals surface area contributed by atoms with Crippen LogP contribution in [0.25, 0.3) is 10.9 Å². The van der Waals surface area contributed by atoms with Gasteiger partial charge in [0.1, 0.15) is 6.54 Å². The van der Waals surface area contributed by atoms with E-state index in [2.05, 4.69) is 11.4 Å². The SMILES string of the molecule is CCOC(=O)Cn1ccc2c(CNC)cccc21. The molecule has 0 bridgehead atoms. The summed E-state index contributed by atoms with van der Waals surface area (Å²) in [5.41, 5.74) is 2.30. The Morgan fingerprint density at radius 1 is 1.39 bits per heavy atom. The summed E-state index contributed by atoms with van der Waals surface area (Å²) in [7, 11) is 1.93. The first-order valence-electron chi connectivity index (χ1n) is 6.13. The molecule has 0 radical (unpaired) electrons. The molecule has 0 aliphatic rings. The smallest absolute Gasteiger partial charge is 0.325 e. The number of nitrogens with one attached hydrogen (secondary N) is 1. The van der Waals surface area contributed by atoms with Crippen molar-refractivity contribution in [3.8, 4) is 0 Å². The summed E-state index contributed by atoms with van der Waals surface area (Å²) in [6.07, 6.45) is 1.93. The Morgan fingerprint density at radius 3 is 2.94 bits per heavy atom. The van der Waals surface area contributed by atoms with Gasteiger partial charge in [0.05, 0.1) is 6.61 Å². The van der Waals surface area contributed by atoms with Crippen molar-refractivity contribution in [3.05, 3.63) is 36.0 Å².